The number of para-hydroxylation sites is 3. The number of carbonyl (C=O) groups is 2. The van der Waals surface area contributed by atoms with E-state index in [1.54, 1.807) is 49.4 Å². The van der Waals surface area contributed by atoms with Crippen molar-refractivity contribution >= 4 is 17.5 Å². The first kappa shape index (κ1) is 17.5. The summed E-state index contributed by atoms with van der Waals surface area (Å²) in [4.78, 5) is 25.0. The van der Waals surface area contributed by atoms with Gasteiger partial charge in [-0.05, 0) is 31.2 Å². The second-order valence-corrected chi connectivity index (χ2v) is 5.84. The molecule has 2 unspecified atom stereocenters. The number of nitrogens with one attached hydrogen (secondary N) is 2. The fourth-order valence-electron chi connectivity index (χ4n) is 2.66. The topological polar surface area (TPSA) is 76.7 Å². The molecule has 6 heteroatoms. The van der Waals surface area contributed by atoms with Crippen LogP contribution in [0, 0.1) is 0 Å². The summed E-state index contributed by atoms with van der Waals surface area (Å²) < 4.78 is 11.6. The van der Waals surface area contributed by atoms with Gasteiger partial charge in [-0.3, -0.25) is 9.59 Å². The van der Waals surface area contributed by atoms with Gasteiger partial charge in [0, 0.05) is 6.54 Å². The first-order valence-electron chi connectivity index (χ1n) is 8.31. The third-order valence-corrected chi connectivity index (χ3v) is 3.94. The third-order valence-electron chi connectivity index (χ3n) is 3.94. The molecule has 134 valence electrons. The van der Waals surface area contributed by atoms with Gasteiger partial charge in [0.2, 0.25) is 6.10 Å². The van der Waals surface area contributed by atoms with Crippen LogP contribution in [0.1, 0.15) is 17.3 Å². The van der Waals surface area contributed by atoms with Crippen molar-refractivity contribution in [3.63, 3.8) is 0 Å². The third kappa shape index (κ3) is 3.69. The zero-order valence-electron chi connectivity index (χ0n) is 14.4. The van der Waals surface area contributed by atoms with Gasteiger partial charge >= 0.3 is 0 Å². The molecule has 6 nitrogen and oxygen atoms in total. The van der Waals surface area contributed by atoms with Gasteiger partial charge in [0.05, 0.1) is 11.3 Å². The van der Waals surface area contributed by atoms with Crippen molar-refractivity contribution in [1.82, 2.24) is 5.32 Å². The normalized spacial score (nSPS) is 17.9. The maximum Gasteiger partial charge on any atom is 0.269 e. The summed E-state index contributed by atoms with van der Waals surface area (Å²) in [6.07, 6.45) is 0.298. The molecule has 2 amide bonds. The minimum atomic E-state index is -0.825. The van der Waals surface area contributed by atoms with Crippen LogP contribution < -0.4 is 20.1 Å². The van der Waals surface area contributed by atoms with Gasteiger partial charge in [-0.25, -0.2) is 0 Å². The highest BCUT2D eigenvalue weighted by Crippen LogP contribution is 2.33. The number of rotatable bonds is 5. The molecule has 0 bridgehead atoms. The molecular weight excluding hydrogens is 332 g/mol. The molecule has 0 aromatic heterocycles. The van der Waals surface area contributed by atoms with Crippen molar-refractivity contribution in [3.8, 4) is 11.5 Å². The standard InChI is InChI=1S/C20H20N2O4/c1-3-12-21-19(23)14-8-4-5-9-15(14)22-20(24)18-13(2)25-16-10-6-7-11-17(16)26-18/h3-11,13,18H,1,12H2,2H3,(H,21,23)(H,22,24). The van der Waals surface area contributed by atoms with Crippen LogP contribution in [0.3, 0.4) is 0 Å². The van der Waals surface area contributed by atoms with Crippen LogP contribution in [-0.2, 0) is 4.79 Å². The zero-order valence-corrected chi connectivity index (χ0v) is 14.4. The molecule has 3 rings (SSSR count). The van der Waals surface area contributed by atoms with Gasteiger partial charge in [-0.2, -0.15) is 0 Å². The Morgan fingerprint density at radius 1 is 1.08 bits per heavy atom. The summed E-state index contributed by atoms with van der Waals surface area (Å²) in [6.45, 7) is 5.68. The summed E-state index contributed by atoms with van der Waals surface area (Å²) in [7, 11) is 0. The minimum absolute atomic E-state index is 0.292. The van der Waals surface area contributed by atoms with Crippen LogP contribution in [0.2, 0.25) is 0 Å². The molecule has 0 spiro atoms. The molecular formula is C20H20N2O4. The maximum atomic E-state index is 12.7. The van der Waals surface area contributed by atoms with Crippen LogP contribution in [0.5, 0.6) is 11.5 Å². The zero-order chi connectivity index (χ0) is 18.5. The average molecular weight is 352 g/mol. The average Bonchev–Trinajstić information content (AvgIpc) is 2.65. The Kier molecular flexibility index (Phi) is 5.22. The molecule has 1 aliphatic rings. The summed E-state index contributed by atoms with van der Waals surface area (Å²) in [5.41, 5.74) is 0.779. The van der Waals surface area contributed by atoms with Crippen molar-refractivity contribution in [2.24, 2.45) is 0 Å². The van der Waals surface area contributed by atoms with E-state index in [2.05, 4.69) is 17.2 Å². The van der Waals surface area contributed by atoms with E-state index in [1.165, 1.54) is 0 Å². The maximum absolute atomic E-state index is 12.7. The molecule has 2 atom stereocenters. The van der Waals surface area contributed by atoms with Crippen molar-refractivity contribution in [1.29, 1.82) is 0 Å². The lowest BCUT2D eigenvalue weighted by atomic mass is 10.1. The van der Waals surface area contributed by atoms with Gasteiger partial charge < -0.3 is 20.1 Å². The number of fused-ring (bicyclic) bond motifs is 1. The number of hydrogen-bond acceptors (Lipinski definition) is 4. The van der Waals surface area contributed by atoms with E-state index in [9.17, 15) is 9.59 Å². The van der Waals surface area contributed by atoms with Crippen LogP contribution in [0.4, 0.5) is 5.69 Å². The highest BCUT2D eigenvalue weighted by atomic mass is 16.6. The molecule has 2 aromatic rings. The predicted molar refractivity (Wildman–Crippen MR) is 98.5 cm³/mol. The number of benzene rings is 2. The van der Waals surface area contributed by atoms with Crippen molar-refractivity contribution in [3.05, 3.63) is 66.7 Å². The second kappa shape index (κ2) is 7.74. The molecule has 2 aromatic carbocycles. The first-order chi connectivity index (χ1) is 12.6. The molecule has 0 aliphatic carbocycles. The van der Waals surface area contributed by atoms with Gasteiger partial charge in [0.15, 0.2) is 11.5 Å². The molecule has 0 saturated carbocycles. The minimum Gasteiger partial charge on any atom is -0.482 e. The highest BCUT2D eigenvalue weighted by molar-refractivity contribution is 6.04. The van der Waals surface area contributed by atoms with Crippen molar-refractivity contribution in [2.45, 2.75) is 19.1 Å². The second-order valence-electron chi connectivity index (χ2n) is 5.84. The number of amides is 2. The Labute approximate surface area is 151 Å². The molecule has 26 heavy (non-hydrogen) atoms. The lowest BCUT2D eigenvalue weighted by Gasteiger charge is -2.31. The van der Waals surface area contributed by atoms with Crippen LogP contribution in [0.25, 0.3) is 0 Å². The quantitative estimate of drug-likeness (QED) is 0.811. The Hall–Kier alpha value is -3.28. The summed E-state index contributed by atoms with van der Waals surface area (Å²) >= 11 is 0. The molecule has 1 heterocycles. The van der Waals surface area contributed by atoms with E-state index in [4.69, 9.17) is 9.47 Å². The van der Waals surface area contributed by atoms with E-state index in [1.807, 2.05) is 12.1 Å². The van der Waals surface area contributed by atoms with Crippen LogP contribution in [0.15, 0.2) is 61.2 Å². The highest BCUT2D eigenvalue weighted by Gasteiger charge is 2.34. The Morgan fingerprint density at radius 3 is 2.46 bits per heavy atom. The Bertz CT molecular complexity index is 834. The lowest BCUT2D eigenvalue weighted by molar-refractivity contribution is -0.128. The number of ether oxygens (including phenoxy) is 2. The first-order valence-corrected chi connectivity index (χ1v) is 8.31. The van der Waals surface area contributed by atoms with Gasteiger partial charge in [0.25, 0.3) is 11.8 Å². The largest absolute Gasteiger partial charge is 0.482 e. The van der Waals surface area contributed by atoms with Gasteiger partial charge in [-0.1, -0.05) is 30.3 Å². The fraction of sp³-hybridized carbons (Fsp3) is 0.200. The molecule has 0 saturated heterocycles. The van der Waals surface area contributed by atoms with E-state index >= 15 is 0 Å². The smallest absolute Gasteiger partial charge is 0.269 e. The summed E-state index contributed by atoms with van der Waals surface area (Å²) in [5.74, 6) is 0.451. The van der Waals surface area contributed by atoms with Crippen molar-refractivity contribution < 1.29 is 19.1 Å². The number of anilines is 1. The molecule has 2 N–H and O–H groups in total. The lowest BCUT2D eigenvalue weighted by Crippen LogP contribution is -2.46. The molecule has 0 fully saturated rings. The number of carbonyl (C=O) groups excluding carboxylic acids is 2. The fourth-order valence-corrected chi connectivity index (χ4v) is 2.66. The Balaban J connectivity index is 1.76. The summed E-state index contributed by atoms with van der Waals surface area (Å²) in [6, 6.07) is 14.0. The molecule has 0 radical (unpaired) electrons. The van der Waals surface area contributed by atoms with E-state index in [-0.39, 0.29) is 11.8 Å². The van der Waals surface area contributed by atoms with E-state index < -0.39 is 12.2 Å². The Morgan fingerprint density at radius 2 is 1.73 bits per heavy atom. The number of hydrogen-bond donors (Lipinski definition) is 2. The van der Waals surface area contributed by atoms with Crippen molar-refractivity contribution in [2.75, 3.05) is 11.9 Å². The SMILES string of the molecule is C=CCNC(=O)c1ccccc1NC(=O)C1Oc2ccccc2OC1C. The van der Waals surface area contributed by atoms with E-state index in [0.717, 1.165) is 0 Å². The monoisotopic (exact) mass is 352 g/mol. The van der Waals surface area contributed by atoms with Crippen LogP contribution >= 0.6 is 0 Å². The van der Waals surface area contributed by atoms with Gasteiger partial charge in [0.1, 0.15) is 6.10 Å². The van der Waals surface area contributed by atoms with E-state index in [0.29, 0.717) is 29.3 Å². The van der Waals surface area contributed by atoms with Gasteiger partial charge in [-0.15, -0.1) is 6.58 Å². The van der Waals surface area contributed by atoms with Crippen LogP contribution in [-0.4, -0.2) is 30.6 Å². The predicted octanol–water partition coefficient (Wildman–Crippen LogP) is 2.77. The molecule has 1 aliphatic heterocycles. The summed E-state index contributed by atoms with van der Waals surface area (Å²) in [5, 5.41) is 5.47.